The van der Waals surface area contributed by atoms with Gasteiger partial charge in [0.2, 0.25) is 23.6 Å². The number of carbonyl (C=O) groups is 13. The first-order valence-electron chi connectivity index (χ1n) is 33.7. The first-order chi connectivity index (χ1) is 45.3. The van der Waals surface area contributed by atoms with Gasteiger partial charge in [-0.3, -0.25) is 52.7 Å². The molecule has 0 aromatic carbocycles. The van der Waals surface area contributed by atoms with Gasteiger partial charge in [0.25, 0.3) is 0 Å². The highest BCUT2D eigenvalue weighted by molar-refractivity contribution is 5.94. The molecule has 4 amide bonds. The second kappa shape index (κ2) is 53.2. The van der Waals surface area contributed by atoms with Crippen LogP contribution in [0.2, 0.25) is 0 Å². The minimum atomic E-state index is -1.47. The normalized spacial score (nSPS) is 13.0. The van der Waals surface area contributed by atoms with Crippen LogP contribution in [0.1, 0.15) is 213 Å². The predicted octanol–water partition coefficient (Wildman–Crippen LogP) is 4.67. The fraction of sp³-hybridized carbons (Fsp3) is 0.758. The molecular formula is C66H110N8O21. The van der Waals surface area contributed by atoms with Crippen LogP contribution in [0.25, 0.3) is 0 Å². The van der Waals surface area contributed by atoms with Crippen LogP contribution >= 0.6 is 0 Å². The molecular weight excluding hydrogens is 1240 g/mol. The van der Waals surface area contributed by atoms with Crippen LogP contribution in [0.3, 0.4) is 0 Å². The van der Waals surface area contributed by atoms with Crippen molar-refractivity contribution in [1.82, 2.24) is 36.6 Å². The van der Waals surface area contributed by atoms with E-state index in [0.717, 1.165) is 51.4 Å². The quantitative estimate of drug-likeness (QED) is 0.0395. The number of Topliss-reactive ketones (excluding diaryl/α,β-unsaturated/α-hetero) is 5. The molecule has 1 aromatic rings. The molecule has 1 rings (SSSR count). The molecule has 0 saturated heterocycles. The standard InChI is InChI=1S/C66H110N8O21/c1-47(75)53(71-43-57(79)66(2,3)41-56(78)52(67)40-49-42-68-46-72-49)22-18-19-31-69-58(80)29-25-48(63(86)87)39-50(76)26-27-54(64(88)89)74-61(83)45-95-38-35-92-33-20-21-51(77)44-94-37-36-93-34-32-70-59(81)30-28-55(65(90)91)73-60(82)23-16-14-12-10-8-6-4-5-7-9-11-13-15-17-24-62(84)85/h42,46,48,52-55,71H,4-41,43-45,67H2,1-3H3,(H,68,72)(H,69,80)(H,70,81)(H,73,82)(H,74,83)(H,84,85)(H,86,87)(H,88,89)(H,90,91)/t48-,52+,53?,54+,55+/m1/s1. The lowest BCUT2D eigenvalue weighted by atomic mass is 9.81. The molecule has 5 atom stereocenters. The van der Waals surface area contributed by atoms with Crippen LogP contribution in [0, 0.1) is 11.3 Å². The molecule has 1 aromatic heterocycles. The van der Waals surface area contributed by atoms with Crippen LogP contribution in [0.5, 0.6) is 0 Å². The summed E-state index contributed by atoms with van der Waals surface area (Å²) in [5.74, 6) is -9.38. The van der Waals surface area contributed by atoms with Gasteiger partial charge in [-0.05, 0) is 64.7 Å². The van der Waals surface area contributed by atoms with E-state index in [1.165, 1.54) is 45.4 Å². The van der Waals surface area contributed by atoms with Gasteiger partial charge < -0.3 is 76.7 Å². The summed E-state index contributed by atoms with van der Waals surface area (Å²) in [6.07, 6.45) is 18.6. The fourth-order valence-electron chi connectivity index (χ4n) is 9.97. The summed E-state index contributed by atoms with van der Waals surface area (Å²) >= 11 is 0. The van der Waals surface area contributed by atoms with Gasteiger partial charge in [0.05, 0.1) is 63.9 Å². The number of nitrogens with one attached hydrogen (secondary N) is 6. The third-order valence-electron chi connectivity index (χ3n) is 15.8. The molecule has 0 aliphatic rings. The van der Waals surface area contributed by atoms with E-state index in [0.29, 0.717) is 37.8 Å². The molecule has 29 heteroatoms. The number of ketones is 5. The third kappa shape index (κ3) is 46.8. The maximum Gasteiger partial charge on any atom is 0.326 e. The predicted molar refractivity (Wildman–Crippen MR) is 348 cm³/mol. The zero-order valence-corrected chi connectivity index (χ0v) is 56.3. The Morgan fingerprint density at radius 3 is 1.60 bits per heavy atom. The number of hydrogen-bond donors (Lipinski definition) is 11. The lowest BCUT2D eigenvalue weighted by molar-refractivity contribution is -0.145. The minimum Gasteiger partial charge on any atom is -0.481 e. The van der Waals surface area contributed by atoms with Crippen LogP contribution in [0.4, 0.5) is 0 Å². The Morgan fingerprint density at radius 1 is 0.516 bits per heavy atom. The number of rotatable bonds is 65. The number of carbonyl (C=O) groups excluding carboxylic acids is 9. The summed E-state index contributed by atoms with van der Waals surface area (Å²) in [4.78, 5) is 166. The maximum absolute atomic E-state index is 13.1. The molecule has 0 saturated carbocycles. The van der Waals surface area contributed by atoms with E-state index >= 15 is 0 Å². The number of H-pyrrole nitrogens is 1. The molecule has 0 fully saturated rings. The van der Waals surface area contributed by atoms with E-state index in [4.69, 9.17) is 29.8 Å². The second-order valence-corrected chi connectivity index (χ2v) is 24.7. The zero-order chi connectivity index (χ0) is 70.7. The van der Waals surface area contributed by atoms with E-state index in [1.54, 1.807) is 20.0 Å². The summed E-state index contributed by atoms with van der Waals surface area (Å²) in [7, 11) is 0. The number of hydrogen-bond acceptors (Lipinski definition) is 20. The smallest absolute Gasteiger partial charge is 0.326 e. The molecule has 1 unspecified atom stereocenters. The highest BCUT2D eigenvalue weighted by Crippen LogP contribution is 2.24. The molecule has 0 radical (unpaired) electrons. The van der Waals surface area contributed by atoms with Crippen molar-refractivity contribution in [3.8, 4) is 0 Å². The van der Waals surface area contributed by atoms with Crippen LogP contribution < -0.4 is 32.3 Å². The monoisotopic (exact) mass is 1350 g/mol. The van der Waals surface area contributed by atoms with Crippen molar-refractivity contribution in [3.05, 3.63) is 18.2 Å². The summed E-state index contributed by atoms with van der Waals surface area (Å²) < 4.78 is 21.5. The van der Waals surface area contributed by atoms with Crippen molar-refractivity contribution in [1.29, 1.82) is 0 Å². The van der Waals surface area contributed by atoms with Crippen LogP contribution in [-0.4, -0.2) is 203 Å². The number of nitrogens with two attached hydrogens (primary N) is 1. The van der Waals surface area contributed by atoms with E-state index in [2.05, 4.69) is 36.6 Å². The van der Waals surface area contributed by atoms with E-state index in [9.17, 15) is 77.6 Å². The Bertz CT molecular complexity index is 2460. The number of aromatic nitrogens is 2. The summed E-state index contributed by atoms with van der Waals surface area (Å²) in [5.41, 5.74) is 5.72. The van der Waals surface area contributed by atoms with Gasteiger partial charge >= 0.3 is 23.9 Å². The average Bonchev–Trinajstić information content (AvgIpc) is 2.26. The first kappa shape index (κ1) is 86.1. The van der Waals surface area contributed by atoms with Crippen LogP contribution in [0.15, 0.2) is 12.5 Å². The zero-order valence-electron chi connectivity index (χ0n) is 56.3. The number of amides is 4. The van der Waals surface area contributed by atoms with E-state index in [1.807, 2.05) is 0 Å². The Hall–Kier alpha value is -6.92. The highest BCUT2D eigenvalue weighted by Gasteiger charge is 2.33. The van der Waals surface area contributed by atoms with Gasteiger partial charge in [-0.2, -0.15) is 0 Å². The SMILES string of the molecule is CC(=O)C(CCCCNC(=O)CC[C@H](CC(=O)CC[C@H](NC(=O)COCCOCCCC(=O)COCCOCCNC(=O)CC[C@H](NC(=O)CCCCCCCCCCCCCCCCC(=O)O)C(=O)O)C(=O)O)C(=O)O)NCC(=O)C(C)(C)CC(=O)[C@@H](N)Cc1cnc[nH]1. The number of carboxylic acid groups (broad SMARTS) is 4. The number of unbranched alkanes of at least 4 members (excludes halogenated alkanes) is 14. The Balaban J connectivity index is 2.13. The number of nitrogens with zero attached hydrogens (tertiary/aromatic N) is 1. The lowest BCUT2D eigenvalue weighted by Gasteiger charge is -2.25. The fourth-order valence-corrected chi connectivity index (χ4v) is 9.97. The molecule has 0 bridgehead atoms. The second-order valence-electron chi connectivity index (χ2n) is 24.7. The minimum absolute atomic E-state index is 0.0294. The van der Waals surface area contributed by atoms with Crippen molar-refractivity contribution in [2.24, 2.45) is 17.1 Å². The third-order valence-corrected chi connectivity index (χ3v) is 15.8. The average molecular weight is 1350 g/mol. The largest absolute Gasteiger partial charge is 0.481 e. The van der Waals surface area contributed by atoms with Gasteiger partial charge in [-0.15, -0.1) is 0 Å². The molecule has 29 nitrogen and oxygen atoms in total. The first-order valence-corrected chi connectivity index (χ1v) is 33.7. The number of ether oxygens (including phenoxy) is 4. The van der Waals surface area contributed by atoms with Gasteiger partial charge in [0.15, 0.2) is 17.3 Å². The Morgan fingerprint density at radius 2 is 1.04 bits per heavy atom. The van der Waals surface area contributed by atoms with Gasteiger partial charge in [-0.1, -0.05) is 90.9 Å². The Labute approximate surface area is 558 Å². The highest BCUT2D eigenvalue weighted by atomic mass is 16.5. The lowest BCUT2D eigenvalue weighted by Crippen LogP contribution is -2.44. The van der Waals surface area contributed by atoms with Crippen molar-refractivity contribution < 1.29 is 102 Å². The Kier molecular flexibility index (Phi) is 48.3. The van der Waals surface area contributed by atoms with Gasteiger partial charge in [-0.25, -0.2) is 14.6 Å². The topological polar surface area (TPSA) is 455 Å². The van der Waals surface area contributed by atoms with Gasteiger partial charge in [0, 0.05) is 94.8 Å². The van der Waals surface area contributed by atoms with Crippen molar-refractivity contribution >= 4 is 76.4 Å². The number of aliphatic carboxylic acids is 4. The summed E-state index contributed by atoms with van der Waals surface area (Å²) in [5, 5.41) is 50.8. The molecule has 95 heavy (non-hydrogen) atoms. The number of carboxylic acids is 4. The molecule has 12 N–H and O–H groups in total. The van der Waals surface area contributed by atoms with Crippen molar-refractivity contribution in [2.45, 2.75) is 238 Å². The van der Waals surface area contributed by atoms with Gasteiger partial charge in [0.1, 0.15) is 36.9 Å². The molecule has 0 aliphatic heterocycles. The molecule has 1 heterocycles. The van der Waals surface area contributed by atoms with Crippen molar-refractivity contribution in [3.63, 3.8) is 0 Å². The summed E-state index contributed by atoms with van der Waals surface area (Å²) in [6, 6.07) is -4.12. The summed E-state index contributed by atoms with van der Waals surface area (Å²) in [6.45, 7) is 4.91. The van der Waals surface area contributed by atoms with Crippen molar-refractivity contribution in [2.75, 3.05) is 72.5 Å². The molecule has 540 valence electrons. The molecule has 0 spiro atoms. The molecule has 0 aliphatic carbocycles. The number of aromatic amines is 1. The maximum atomic E-state index is 13.1. The van der Waals surface area contributed by atoms with E-state index < -0.39 is 95.9 Å². The number of imidazole rings is 1. The van der Waals surface area contributed by atoms with Crippen LogP contribution in [-0.2, 0) is 87.7 Å². The van der Waals surface area contributed by atoms with E-state index in [-0.39, 0.29) is 166 Å².